The molecule has 0 saturated heterocycles. The monoisotopic (exact) mass is 412 g/mol. The largest absolute Gasteiger partial charge is 0.457 e. The van der Waals surface area contributed by atoms with E-state index < -0.39 is 0 Å². The first-order chi connectivity index (χ1) is 15.1. The van der Waals surface area contributed by atoms with E-state index in [4.69, 9.17) is 4.74 Å². The van der Waals surface area contributed by atoms with Gasteiger partial charge in [0.2, 0.25) is 0 Å². The molecule has 1 aromatic heterocycles. The van der Waals surface area contributed by atoms with Gasteiger partial charge in [0.15, 0.2) is 5.69 Å². The van der Waals surface area contributed by atoms with E-state index in [0.717, 1.165) is 22.6 Å². The number of aryl methyl sites for hydroxylation is 1. The Morgan fingerprint density at radius 3 is 2.35 bits per heavy atom. The second-order valence-corrected chi connectivity index (χ2v) is 7.45. The number of ether oxygens (including phenoxy) is 1. The quantitative estimate of drug-likeness (QED) is 0.441. The third kappa shape index (κ3) is 5.17. The zero-order chi connectivity index (χ0) is 21.6. The van der Waals surface area contributed by atoms with Crippen LogP contribution in [0.15, 0.2) is 85.1 Å². The summed E-state index contributed by atoms with van der Waals surface area (Å²) in [4.78, 5) is 14.4. The van der Waals surface area contributed by atoms with E-state index in [9.17, 15) is 4.79 Å². The van der Waals surface area contributed by atoms with E-state index in [1.54, 1.807) is 22.8 Å². The lowest BCUT2D eigenvalue weighted by Crippen LogP contribution is -2.26. The van der Waals surface area contributed by atoms with Gasteiger partial charge in [-0.2, -0.15) is 0 Å². The van der Waals surface area contributed by atoms with Crippen LogP contribution in [0.1, 0.15) is 27.2 Å². The summed E-state index contributed by atoms with van der Waals surface area (Å²) >= 11 is 0. The van der Waals surface area contributed by atoms with Crippen molar-refractivity contribution in [2.45, 2.75) is 20.0 Å². The minimum atomic E-state index is -0.166. The van der Waals surface area contributed by atoms with Crippen LogP contribution in [0.3, 0.4) is 0 Å². The summed E-state index contributed by atoms with van der Waals surface area (Å²) < 4.78 is 7.51. The molecule has 4 rings (SSSR count). The summed E-state index contributed by atoms with van der Waals surface area (Å²) in [5, 5.41) is 8.18. The van der Waals surface area contributed by atoms with Crippen molar-refractivity contribution in [3.8, 4) is 11.5 Å². The van der Waals surface area contributed by atoms with Crippen molar-refractivity contribution in [2.75, 3.05) is 7.05 Å². The molecule has 6 heteroatoms. The molecule has 31 heavy (non-hydrogen) atoms. The SMILES string of the molecule is Cc1ccccc1Cn1cc(C(=O)N(C)Cc2ccc(Oc3ccccc3)cc2)nn1. The molecular weight excluding hydrogens is 388 g/mol. The predicted molar refractivity (Wildman–Crippen MR) is 119 cm³/mol. The Labute approximate surface area is 181 Å². The molecule has 0 radical (unpaired) electrons. The lowest BCUT2D eigenvalue weighted by atomic mass is 10.1. The molecule has 0 saturated carbocycles. The molecule has 1 amide bonds. The fourth-order valence-corrected chi connectivity index (χ4v) is 3.26. The number of para-hydroxylation sites is 1. The highest BCUT2D eigenvalue weighted by Gasteiger charge is 2.16. The summed E-state index contributed by atoms with van der Waals surface area (Å²) in [6, 6.07) is 25.5. The number of benzene rings is 3. The Bertz CT molecular complexity index is 1150. The first-order valence-corrected chi connectivity index (χ1v) is 10.1. The average molecular weight is 412 g/mol. The van der Waals surface area contributed by atoms with Crippen LogP contribution in [0.5, 0.6) is 11.5 Å². The molecule has 3 aromatic carbocycles. The van der Waals surface area contributed by atoms with Crippen molar-refractivity contribution in [1.29, 1.82) is 0 Å². The van der Waals surface area contributed by atoms with Gasteiger partial charge in [0.25, 0.3) is 5.91 Å². The molecule has 0 unspecified atom stereocenters. The number of hydrogen-bond donors (Lipinski definition) is 0. The van der Waals surface area contributed by atoms with Crippen molar-refractivity contribution < 1.29 is 9.53 Å². The highest BCUT2D eigenvalue weighted by atomic mass is 16.5. The topological polar surface area (TPSA) is 60.2 Å². The Hall–Kier alpha value is -3.93. The van der Waals surface area contributed by atoms with Gasteiger partial charge in [-0.15, -0.1) is 5.10 Å². The highest BCUT2D eigenvalue weighted by molar-refractivity contribution is 5.91. The normalized spacial score (nSPS) is 10.6. The molecular formula is C25H24N4O2. The van der Waals surface area contributed by atoms with Crippen LogP contribution >= 0.6 is 0 Å². The van der Waals surface area contributed by atoms with Gasteiger partial charge in [-0.1, -0.05) is 59.8 Å². The molecule has 1 heterocycles. The molecule has 0 aliphatic rings. The predicted octanol–water partition coefficient (Wildman–Crippen LogP) is 4.70. The summed E-state index contributed by atoms with van der Waals surface area (Å²) in [7, 11) is 1.76. The number of aromatic nitrogens is 3. The minimum absolute atomic E-state index is 0.166. The molecule has 156 valence electrons. The maximum Gasteiger partial charge on any atom is 0.276 e. The molecule has 0 atom stereocenters. The van der Waals surface area contributed by atoms with Crippen LogP contribution in [0, 0.1) is 6.92 Å². The smallest absolute Gasteiger partial charge is 0.276 e. The second kappa shape index (κ2) is 9.26. The van der Waals surface area contributed by atoms with Crippen LogP contribution in [0.2, 0.25) is 0 Å². The van der Waals surface area contributed by atoms with Gasteiger partial charge in [0, 0.05) is 13.6 Å². The standard InChI is InChI=1S/C25H24N4O2/c1-19-8-6-7-9-21(19)17-29-18-24(26-27-29)25(30)28(2)16-20-12-14-23(15-13-20)31-22-10-4-3-5-11-22/h3-15,18H,16-17H2,1-2H3. The zero-order valence-electron chi connectivity index (χ0n) is 17.6. The van der Waals surface area contributed by atoms with Gasteiger partial charge in [0.05, 0.1) is 12.7 Å². The first kappa shape index (κ1) is 20.3. The molecule has 0 aliphatic heterocycles. The van der Waals surface area contributed by atoms with Gasteiger partial charge >= 0.3 is 0 Å². The van der Waals surface area contributed by atoms with Crippen molar-refractivity contribution >= 4 is 5.91 Å². The maximum absolute atomic E-state index is 12.8. The fourth-order valence-electron chi connectivity index (χ4n) is 3.26. The zero-order valence-corrected chi connectivity index (χ0v) is 17.6. The van der Waals surface area contributed by atoms with Crippen molar-refractivity contribution in [3.05, 3.63) is 107 Å². The summed E-state index contributed by atoms with van der Waals surface area (Å²) in [5.74, 6) is 1.38. The van der Waals surface area contributed by atoms with E-state index >= 15 is 0 Å². The van der Waals surface area contributed by atoms with Gasteiger partial charge in [-0.3, -0.25) is 4.79 Å². The van der Waals surface area contributed by atoms with Crippen molar-refractivity contribution in [2.24, 2.45) is 0 Å². The third-order valence-corrected chi connectivity index (χ3v) is 5.02. The number of carbonyl (C=O) groups excluding carboxylic acids is 1. The van der Waals surface area contributed by atoms with E-state index in [2.05, 4.69) is 29.4 Å². The number of amides is 1. The summed E-state index contributed by atoms with van der Waals surface area (Å²) in [6.07, 6.45) is 1.70. The summed E-state index contributed by atoms with van der Waals surface area (Å²) in [6.45, 7) is 3.11. The number of carbonyl (C=O) groups is 1. The van der Waals surface area contributed by atoms with E-state index in [-0.39, 0.29) is 5.91 Å². The van der Waals surface area contributed by atoms with Gasteiger partial charge < -0.3 is 9.64 Å². The Morgan fingerprint density at radius 1 is 0.935 bits per heavy atom. The molecule has 0 fully saturated rings. The van der Waals surface area contributed by atoms with Crippen molar-refractivity contribution in [1.82, 2.24) is 19.9 Å². The first-order valence-electron chi connectivity index (χ1n) is 10.1. The lowest BCUT2D eigenvalue weighted by molar-refractivity contribution is 0.0779. The second-order valence-electron chi connectivity index (χ2n) is 7.45. The van der Waals surface area contributed by atoms with Crippen LogP contribution in [-0.2, 0) is 13.1 Å². The van der Waals surface area contributed by atoms with Gasteiger partial charge in [-0.05, 0) is 47.9 Å². The van der Waals surface area contributed by atoms with E-state index in [1.807, 2.05) is 66.7 Å². The van der Waals surface area contributed by atoms with E-state index in [0.29, 0.717) is 18.8 Å². The molecule has 0 spiro atoms. The van der Waals surface area contributed by atoms with Gasteiger partial charge in [0.1, 0.15) is 11.5 Å². The lowest BCUT2D eigenvalue weighted by Gasteiger charge is -2.16. The van der Waals surface area contributed by atoms with Crippen LogP contribution in [-0.4, -0.2) is 32.8 Å². The Kier molecular flexibility index (Phi) is 6.08. The number of hydrogen-bond acceptors (Lipinski definition) is 4. The molecule has 0 aliphatic carbocycles. The Balaban J connectivity index is 1.36. The Morgan fingerprint density at radius 2 is 1.61 bits per heavy atom. The van der Waals surface area contributed by atoms with Gasteiger partial charge in [-0.25, -0.2) is 4.68 Å². The summed E-state index contributed by atoms with van der Waals surface area (Å²) in [5.41, 5.74) is 3.67. The highest BCUT2D eigenvalue weighted by Crippen LogP contribution is 2.21. The maximum atomic E-state index is 12.8. The molecule has 0 N–H and O–H groups in total. The minimum Gasteiger partial charge on any atom is -0.457 e. The molecule has 0 bridgehead atoms. The third-order valence-electron chi connectivity index (χ3n) is 5.02. The average Bonchev–Trinajstić information content (AvgIpc) is 3.25. The van der Waals surface area contributed by atoms with Crippen LogP contribution in [0.25, 0.3) is 0 Å². The van der Waals surface area contributed by atoms with Crippen LogP contribution in [0.4, 0.5) is 0 Å². The fraction of sp³-hybridized carbons (Fsp3) is 0.160. The van der Waals surface area contributed by atoms with Crippen LogP contribution < -0.4 is 4.74 Å². The molecule has 6 nitrogen and oxygen atoms in total. The van der Waals surface area contributed by atoms with Crippen molar-refractivity contribution in [3.63, 3.8) is 0 Å². The number of nitrogens with zero attached hydrogens (tertiary/aromatic N) is 4. The number of rotatable bonds is 7. The molecule has 4 aromatic rings. The van der Waals surface area contributed by atoms with E-state index in [1.165, 1.54) is 5.56 Å².